The largest absolute Gasteiger partial charge is 0.278 e. The van der Waals surface area contributed by atoms with Crippen LogP contribution in [0.15, 0.2) is 221 Å². The lowest BCUT2D eigenvalue weighted by Crippen LogP contribution is -2.00. The fourth-order valence-corrected chi connectivity index (χ4v) is 12.0. The van der Waals surface area contributed by atoms with Crippen LogP contribution >= 0.6 is 31.9 Å². The third-order valence-corrected chi connectivity index (χ3v) is 15.5. The standard InChI is InChI=1S/C61H35Br2N9/c62-42-24-19-36(20-25-42)37-21-26-44(27-22-37)67-52-11-3-8-16-57(52)72-58-32-41-29-38(17-18-40(41)31-49(58)66-60(67)72)39-23-28-51-48(30-39)65-61-69(54-13-5-7-15-56(54)71(51)61)46-34-43(63)33-45(35-46)68-53-12-4-6-14-55(53)70-50-10-2-1-9-47(50)64-59(68)70/h1-35H. The maximum absolute atomic E-state index is 5.45. The smallest absolute Gasteiger partial charge is 0.220 e. The van der Waals surface area contributed by atoms with E-state index in [4.69, 9.17) is 15.0 Å². The maximum atomic E-state index is 5.45. The summed E-state index contributed by atoms with van der Waals surface area (Å²) < 4.78 is 15.7. The van der Waals surface area contributed by atoms with Gasteiger partial charge in [-0.2, -0.15) is 0 Å². The molecule has 0 N–H and O–H groups in total. The minimum absolute atomic E-state index is 0.840. The van der Waals surface area contributed by atoms with Gasteiger partial charge in [0, 0.05) is 14.6 Å². The summed E-state index contributed by atoms with van der Waals surface area (Å²) in [6.07, 6.45) is 0. The lowest BCUT2D eigenvalue weighted by Gasteiger charge is -2.11. The van der Waals surface area contributed by atoms with E-state index in [0.29, 0.717) is 0 Å². The van der Waals surface area contributed by atoms with Crippen LogP contribution in [-0.2, 0) is 0 Å². The van der Waals surface area contributed by atoms with Crippen molar-refractivity contribution in [2.45, 2.75) is 0 Å². The molecule has 6 aromatic heterocycles. The van der Waals surface area contributed by atoms with Gasteiger partial charge in [0.15, 0.2) is 0 Å². The number of benzene rings is 10. The van der Waals surface area contributed by atoms with Crippen LogP contribution in [-0.4, -0.2) is 41.9 Å². The first-order valence-electron chi connectivity index (χ1n) is 23.8. The molecule has 0 aliphatic carbocycles. The van der Waals surface area contributed by atoms with E-state index in [9.17, 15) is 0 Å². The van der Waals surface area contributed by atoms with Crippen LogP contribution in [0.4, 0.5) is 0 Å². The van der Waals surface area contributed by atoms with Crippen molar-refractivity contribution >= 4 is 126 Å². The zero-order valence-corrected chi connectivity index (χ0v) is 41.2. The van der Waals surface area contributed by atoms with Crippen molar-refractivity contribution in [1.29, 1.82) is 0 Å². The lowest BCUT2D eigenvalue weighted by atomic mass is 10.0. The zero-order chi connectivity index (χ0) is 47.3. The van der Waals surface area contributed by atoms with Gasteiger partial charge in [-0.1, -0.05) is 123 Å². The fourth-order valence-electron chi connectivity index (χ4n) is 11.3. The van der Waals surface area contributed by atoms with E-state index >= 15 is 0 Å². The van der Waals surface area contributed by atoms with Crippen LogP contribution in [0.1, 0.15) is 0 Å². The molecule has 0 bridgehead atoms. The van der Waals surface area contributed by atoms with Crippen LogP contribution in [0.3, 0.4) is 0 Å². The molecule has 0 saturated heterocycles. The predicted molar refractivity (Wildman–Crippen MR) is 299 cm³/mol. The number of para-hydroxylation sites is 8. The van der Waals surface area contributed by atoms with Gasteiger partial charge in [0.2, 0.25) is 17.3 Å². The first-order chi connectivity index (χ1) is 35.5. The quantitative estimate of drug-likeness (QED) is 0.172. The molecule has 0 fully saturated rings. The first-order valence-corrected chi connectivity index (χ1v) is 25.4. The Kier molecular flexibility index (Phi) is 8.27. The van der Waals surface area contributed by atoms with Gasteiger partial charge in [0.25, 0.3) is 0 Å². The Balaban J connectivity index is 0.818. The minimum atomic E-state index is 0.840. The van der Waals surface area contributed by atoms with E-state index in [1.807, 2.05) is 6.07 Å². The summed E-state index contributed by atoms with van der Waals surface area (Å²) in [6, 6.07) is 75.7. The highest BCUT2D eigenvalue weighted by Gasteiger charge is 2.22. The van der Waals surface area contributed by atoms with Gasteiger partial charge in [-0.05, 0) is 154 Å². The molecule has 9 nitrogen and oxygen atoms in total. The highest BCUT2D eigenvalue weighted by molar-refractivity contribution is 9.10. The molecular formula is C61H35Br2N9. The van der Waals surface area contributed by atoms with Gasteiger partial charge in [0.1, 0.15) is 0 Å². The van der Waals surface area contributed by atoms with E-state index in [1.165, 1.54) is 11.1 Å². The number of hydrogen-bond acceptors (Lipinski definition) is 3. The van der Waals surface area contributed by atoms with Crippen molar-refractivity contribution < 1.29 is 0 Å². The van der Waals surface area contributed by atoms with Crippen molar-refractivity contribution in [2.75, 3.05) is 0 Å². The van der Waals surface area contributed by atoms with Crippen LogP contribution in [0, 0.1) is 0 Å². The molecule has 0 amide bonds. The molecule has 0 spiro atoms. The summed E-state index contributed by atoms with van der Waals surface area (Å²) in [5.41, 5.74) is 20.2. The average molecular weight is 1050 g/mol. The van der Waals surface area contributed by atoms with Crippen molar-refractivity contribution in [3.63, 3.8) is 0 Å². The molecule has 16 rings (SSSR count). The van der Waals surface area contributed by atoms with E-state index in [1.54, 1.807) is 0 Å². The van der Waals surface area contributed by atoms with E-state index in [0.717, 1.165) is 131 Å². The molecule has 0 atom stereocenters. The van der Waals surface area contributed by atoms with Gasteiger partial charge < -0.3 is 0 Å². The number of nitrogens with zero attached hydrogens (tertiary/aromatic N) is 9. The molecule has 0 aliphatic heterocycles. The Labute approximate surface area is 425 Å². The SMILES string of the molecule is Brc1ccc(-c2ccc(-n3c4ccccc4n4c5cc6cc(-c7ccc8c(c7)nc7n(-c9cc(Br)cc(-n%10c%11ccccc%11n%11c%12ccccc%12nc%10%11)c9)c9ccccc9n87)ccc6cc5nc34)cc2)cc1. The summed E-state index contributed by atoms with van der Waals surface area (Å²) in [5, 5.41) is 2.28. The Hall–Kier alpha value is -8.77. The van der Waals surface area contributed by atoms with Crippen molar-refractivity contribution in [3.05, 3.63) is 221 Å². The molecule has 0 unspecified atom stereocenters. The third-order valence-electron chi connectivity index (χ3n) is 14.5. The normalized spacial score (nSPS) is 12.3. The molecular weight excluding hydrogens is 1020 g/mol. The number of aromatic nitrogens is 9. The van der Waals surface area contributed by atoms with E-state index in [-0.39, 0.29) is 0 Å². The molecule has 16 aromatic rings. The molecule has 0 radical (unpaired) electrons. The maximum Gasteiger partial charge on any atom is 0.220 e. The number of hydrogen-bond donors (Lipinski definition) is 0. The minimum Gasteiger partial charge on any atom is -0.278 e. The van der Waals surface area contributed by atoms with Gasteiger partial charge >= 0.3 is 0 Å². The van der Waals surface area contributed by atoms with Gasteiger partial charge in [-0.25, -0.2) is 15.0 Å². The van der Waals surface area contributed by atoms with Crippen molar-refractivity contribution in [1.82, 2.24) is 41.9 Å². The van der Waals surface area contributed by atoms with E-state index < -0.39 is 0 Å². The Morgan fingerprint density at radius 2 is 0.708 bits per heavy atom. The number of imidazole rings is 6. The third kappa shape index (κ3) is 5.71. The molecule has 0 aliphatic rings. The lowest BCUT2D eigenvalue weighted by molar-refractivity contribution is 1.07. The topological polar surface area (TPSA) is 66.7 Å². The monoisotopic (exact) mass is 1050 g/mol. The highest BCUT2D eigenvalue weighted by Crippen LogP contribution is 2.38. The molecule has 11 heteroatoms. The van der Waals surface area contributed by atoms with Crippen molar-refractivity contribution in [3.8, 4) is 39.3 Å². The summed E-state index contributed by atoms with van der Waals surface area (Å²) in [6.45, 7) is 0. The first kappa shape index (κ1) is 40.0. The summed E-state index contributed by atoms with van der Waals surface area (Å²) in [4.78, 5) is 15.9. The van der Waals surface area contributed by atoms with Gasteiger partial charge in [0.05, 0.1) is 77.6 Å². The van der Waals surface area contributed by atoms with Gasteiger partial charge in [-0.15, -0.1) is 0 Å². The zero-order valence-electron chi connectivity index (χ0n) is 38.0. The molecule has 10 aromatic carbocycles. The Morgan fingerprint density at radius 1 is 0.264 bits per heavy atom. The molecule has 0 saturated carbocycles. The Bertz CT molecular complexity index is 4950. The van der Waals surface area contributed by atoms with Crippen LogP contribution in [0.5, 0.6) is 0 Å². The number of fused-ring (bicyclic) bond motifs is 16. The van der Waals surface area contributed by atoms with E-state index in [2.05, 4.69) is 265 Å². The Morgan fingerprint density at radius 3 is 1.32 bits per heavy atom. The van der Waals surface area contributed by atoms with Crippen LogP contribution in [0.2, 0.25) is 0 Å². The van der Waals surface area contributed by atoms with Crippen LogP contribution in [0.25, 0.3) is 134 Å². The molecule has 338 valence electrons. The molecule has 6 heterocycles. The summed E-state index contributed by atoms with van der Waals surface area (Å²) >= 11 is 7.50. The second-order valence-corrected chi connectivity index (χ2v) is 20.4. The second kappa shape index (κ2) is 14.9. The second-order valence-electron chi connectivity index (χ2n) is 18.5. The van der Waals surface area contributed by atoms with Crippen LogP contribution < -0.4 is 0 Å². The highest BCUT2D eigenvalue weighted by atomic mass is 79.9. The number of halogens is 2. The predicted octanol–water partition coefficient (Wildman–Crippen LogP) is 15.9. The van der Waals surface area contributed by atoms with Gasteiger partial charge in [-0.3, -0.25) is 26.9 Å². The van der Waals surface area contributed by atoms with Crippen molar-refractivity contribution in [2.24, 2.45) is 0 Å². The molecule has 72 heavy (non-hydrogen) atoms. The average Bonchev–Trinajstić information content (AvgIpc) is 4.25. The fraction of sp³-hybridized carbons (Fsp3) is 0. The summed E-state index contributed by atoms with van der Waals surface area (Å²) in [5.74, 6) is 2.59. The number of rotatable bonds is 5. The summed E-state index contributed by atoms with van der Waals surface area (Å²) in [7, 11) is 0.